The summed E-state index contributed by atoms with van der Waals surface area (Å²) in [7, 11) is 1.96. The van der Waals surface area contributed by atoms with Gasteiger partial charge in [-0.15, -0.1) is 0 Å². The molecule has 2 atom stereocenters. The number of ether oxygens (including phenoxy) is 1. The molecule has 1 aliphatic carbocycles. The molecule has 2 unspecified atom stereocenters. The third kappa shape index (κ3) is 3.03. The lowest BCUT2D eigenvalue weighted by Gasteiger charge is -2.29. The largest absolute Gasteiger partial charge is 0.370 e. The van der Waals surface area contributed by atoms with Gasteiger partial charge in [0.1, 0.15) is 11.9 Å². The van der Waals surface area contributed by atoms with Crippen LogP contribution in [0.15, 0.2) is 42.7 Å². The van der Waals surface area contributed by atoms with E-state index in [1.54, 1.807) is 6.20 Å². The van der Waals surface area contributed by atoms with Crippen molar-refractivity contribution in [2.75, 3.05) is 11.9 Å². The maximum Gasteiger partial charge on any atom is 0.319 e. The highest BCUT2D eigenvalue weighted by atomic mass is 16.5. The molecule has 0 saturated carbocycles. The molecule has 0 radical (unpaired) electrons. The Bertz CT molecular complexity index is 1030. The quantitative estimate of drug-likeness (QED) is 0.732. The summed E-state index contributed by atoms with van der Waals surface area (Å²) in [6.07, 6.45) is 7.30. The van der Waals surface area contributed by atoms with Gasteiger partial charge in [-0.05, 0) is 41.8 Å². The van der Waals surface area contributed by atoms with Crippen LogP contribution in [-0.4, -0.2) is 28.2 Å². The number of nitrogens with zero attached hydrogens (tertiary/aromatic N) is 2. The molecule has 5 rings (SSSR count). The number of hydrogen-bond donors (Lipinski definition) is 2. The number of carbonyl (C=O) groups is 1. The second kappa shape index (κ2) is 6.95. The van der Waals surface area contributed by atoms with Gasteiger partial charge in [0.2, 0.25) is 0 Å². The Morgan fingerprint density at radius 1 is 1.21 bits per heavy atom. The standard InChI is InChI=1S/C22H24N4O2/c1-26-11-10-23-21(26)19-13-16(9-12-28-19)24-22(27)25-18-8-7-15-6-5-14-3-2-4-17(18)20(14)15/h2-4,7-8,10-11,16,19H,5-6,9,12-13H2,1H3,(H2,24,25,27). The predicted octanol–water partition coefficient (Wildman–Crippen LogP) is 3.71. The molecule has 2 aromatic carbocycles. The Morgan fingerprint density at radius 2 is 2.07 bits per heavy atom. The maximum absolute atomic E-state index is 12.7. The average Bonchev–Trinajstić information content (AvgIpc) is 3.31. The zero-order chi connectivity index (χ0) is 19.1. The summed E-state index contributed by atoms with van der Waals surface area (Å²) in [5, 5.41) is 8.62. The van der Waals surface area contributed by atoms with Crippen molar-refractivity contribution in [1.29, 1.82) is 0 Å². The lowest BCUT2D eigenvalue weighted by atomic mass is 10.0. The lowest BCUT2D eigenvalue weighted by molar-refractivity contribution is -0.00410. The molecule has 6 heteroatoms. The van der Waals surface area contributed by atoms with E-state index < -0.39 is 0 Å². The van der Waals surface area contributed by atoms with Gasteiger partial charge in [0, 0.05) is 43.9 Å². The SMILES string of the molecule is Cn1ccnc1C1CC(NC(=O)Nc2ccc3c4c(cccc24)CC3)CCO1. The van der Waals surface area contributed by atoms with Gasteiger partial charge in [-0.25, -0.2) is 9.78 Å². The van der Waals surface area contributed by atoms with Crippen LogP contribution in [0.5, 0.6) is 0 Å². The van der Waals surface area contributed by atoms with Crippen molar-refractivity contribution in [3.8, 4) is 0 Å². The fraction of sp³-hybridized carbons (Fsp3) is 0.364. The Labute approximate surface area is 163 Å². The van der Waals surface area contributed by atoms with Crippen molar-refractivity contribution >= 4 is 22.5 Å². The molecule has 1 aromatic heterocycles. The molecule has 144 valence electrons. The van der Waals surface area contributed by atoms with Crippen LogP contribution in [0.1, 0.15) is 35.9 Å². The summed E-state index contributed by atoms with van der Waals surface area (Å²) in [6.45, 7) is 0.615. The second-order valence-electron chi connectivity index (χ2n) is 7.69. The van der Waals surface area contributed by atoms with E-state index in [1.807, 2.05) is 23.9 Å². The molecule has 2 heterocycles. The van der Waals surface area contributed by atoms with E-state index in [0.29, 0.717) is 6.61 Å². The summed E-state index contributed by atoms with van der Waals surface area (Å²) < 4.78 is 7.84. The minimum atomic E-state index is -0.163. The number of amides is 2. The second-order valence-corrected chi connectivity index (χ2v) is 7.69. The fourth-order valence-electron chi connectivity index (χ4n) is 4.49. The van der Waals surface area contributed by atoms with Gasteiger partial charge in [-0.1, -0.05) is 24.3 Å². The summed E-state index contributed by atoms with van der Waals surface area (Å²) >= 11 is 0. The highest BCUT2D eigenvalue weighted by molar-refractivity contribution is 6.04. The van der Waals surface area contributed by atoms with Crippen LogP contribution in [0.2, 0.25) is 0 Å². The Hall–Kier alpha value is -2.86. The number of nitrogens with one attached hydrogen (secondary N) is 2. The molecular formula is C22H24N4O2. The van der Waals surface area contributed by atoms with Gasteiger partial charge < -0.3 is 19.9 Å². The maximum atomic E-state index is 12.7. The third-order valence-corrected chi connectivity index (χ3v) is 5.89. The number of carbonyl (C=O) groups excluding carboxylic acids is 1. The average molecular weight is 376 g/mol. The van der Waals surface area contributed by atoms with E-state index in [0.717, 1.165) is 42.6 Å². The summed E-state index contributed by atoms with van der Waals surface area (Å²) in [4.78, 5) is 17.1. The number of hydrogen-bond acceptors (Lipinski definition) is 3. The van der Waals surface area contributed by atoms with E-state index in [-0.39, 0.29) is 18.2 Å². The van der Waals surface area contributed by atoms with Crippen molar-refractivity contribution in [2.24, 2.45) is 7.05 Å². The molecule has 0 spiro atoms. The van der Waals surface area contributed by atoms with Crippen LogP contribution in [0.4, 0.5) is 10.5 Å². The molecule has 2 aliphatic rings. The summed E-state index contributed by atoms with van der Waals surface area (Å²) in [5.41, 5.74) is 3.62. The van der Waals surface area contributed by atoms with E-state index in [1.165, 1.54) is 16.5 Å². The Balaban J connectivity index is 1.29. The van der Waals surface area contributed by atoms with Crippen LogP contribution in [-0.2, 0) is 24.6 Å². The first kappa shape index (κ1) is 17.3. The first-order chi connectivity index (χ1) is 13.7. The first-order valence-corrected chi connectivity index (χ1v) is 9.89. The highest BCUT2D eigenvalue weighted by Crippen LogP contribution is 2.35. The van der Waals surface area contributed by atoms with Gasteiger partial charge in [-0.2, -0.15) is 0 Å². The number of urea groups is 1. The van der Waals surface area contributed by atoms with Crippen LogP contribution >= 0.6 is 0 Å². The number of imidazole rings is 1. The molecule has 1 aliphatic heterocycles. The van der Waals surface area contributed by atoms with E-state index in [9.17, 15) is 4.79 Å². The van der Waals surface area contributed by atoms with E-state index in [4.69, 9.17) is 4.74 Å². The molecular weight excluding hydrogens is 352 g/mol. The fourth-order valence-corrected chi connectivity index (χ4v) is 4.49. The Kier molecular flexibility index (Phi) is 4.28. The molecule has 0 bridgehead atoms. The van der Waals surface area contributed by atoms with Gasteiger partial charge >= 0.3 is 6.03 Å². The number of aryl methyl sites for hydroxylation is 3. The van der Waals surface area contributed by atoms with Crippen LogP contribution in [0.3, 0.4) is 0 Å². The summed E-state index contributed by atoms with van der Waals surface area (Å²) in [6, 6.07) is 10.4. The van der Waals surface area contributed by atoms with Crippen molar-refractivity contribution in [3.05, 3.63) is 59.7 Å². The third-order valence-electron chi connectivity index (χ3n) is 5.89. The van der Waals surface area contributed by atoms with Gasteiger partial charge in [0.05, 0.1) is 5.69 Å². The zero-order valence-electron chi connectivity index (χ0n) is 15.9. The topological polar surface area (TPSA) is 68.2 Å². The predicted molar refractivity (Wildman–Crippen MR) is 108 cm³/mol. The van der Waals surface area contributed by atoms with E-state index >= 15 is 0 Å². The molecule has 1 saturated heterocycles. The minimum absolute atomic E-state index is 0.0623. The van der Waals surface area contributed by atoms with Crippen molar-refractivity contribution in [3.63, 3.8) is 0 Å². The monoisotopic (exact) mass is 376 g/mol. The van der Waals surface area contributed by atoms with Gasteiger partial charge in [0.15, 0.2) is 0 Å². The van der Waals surface area contributed by atoms with Gasteiger partial charge in [-0.3, -0.25) is 0 Å². The summed E-state index contributed by atoms with van der Waals surface area (Å²) in [5.74, 6) is 0.902. The Morgan fingerprint density at radius 3 is 2.89 bits per heavy atom. The highest BCUT2D eigenvalue weighted by Gasteiger charge is 2.27. The van der Waals surface area contributed by atoms with Crippen LogP contribution in [0, 0.1) is 0 Å². The van der Waals surface area contributed by atoms with Crippen LogP contribution in [0.25, 0.3) is 10.8 Å². The number of anilines is 1. The van der Waals surface area contributed by atoms with E-state index in [2.05, 4.69) is 39.9 Å². The normalized spacial score (nSPS) is 21.0. The molecule has 6 nitrogen and oxygen atoms in total. The van der Waals surface area contributed by atoms with Crippen molar-refractivity contribution in [2.45, 2.75) is 37.8 Å². The smallest absolute Gasteiger partial charge is 0.319 e. The molecule has 2 N–H and O–H groups in total. The van der Waals surface area contributed by atoms with Crippen LogP contribution < -0.4 is 10.6 Å². The molecule has 3 aromatic rings. The zero-order valence-corrected chi connectivity index (χ0v) is 15.9. The first-order valence-electron chi connectivity index (χ1n) is 9.89. The van der Waals surface area contributed by atoms with Crippen molar-refractivity contribution < 1.29 is 9.53 Å². The molecule has 1 fully saturated rings. The van der Waals surface area contributed by atoms with Gasteiger partial charge in [0.25, 0.3) is 0 Å². The minimum Gasteiger partial charge on any atom is -0.370 e. The van der Waals surface area contributed by atoms with Crippen molar-refractivity contribution in [1.82, 2.24) is 14.9 Å². The lowest BCUT2D eigenvalue weighted by Crippen LogP contribution is -2.42. The number of aromatic nitrogens is 2. The number of benzene rings is 2. The molecule has 2 amide bonds. The number of rotatable bonds is 3. The molecule has 28 heavy (non-hydrogen) atoms.